The zero-order valence-corrected chi connectivity index (χ0v) is 14.0. The second-order valence-corrected chi connectivity index (χ2v) is 6.82. The minimum absolute atomic E-state index is 0.114. The first-order chi connectivity index (χ1) is 11.2. The highest BCUT2D eigenvalue weighted by Crippen LogP contribution is 2.36. The third-order valence-electron chi connectivity index (χ3n) is 5.45. The first-order valence-corrected chi connectivity index (χ1v) is 8.51. The summed E-state index contributed by atoms with van der Waals surface area (Å²) in [5, 5.41) is 0. The maximum absolute atomic E-state index is 6.15. The van der Waals surface area contributed by atoms with E-state index >= 15 is 0 Å². The number of hydrogen-bond donors (Lipinski definition) is 0. The van der Waals surface area contributed by atoms with Gasteiger partial charge in [0.1, 0.15) is 11.4 Å². The molecule has 2 aromatic rings. The van der Waals surface area contributed by atoms with Gasteiger partial charge in [0.2, 0.25) is 0 Å². The Labute approximate surface area is 137 Å². The number of nitrogens with zero attached hydrogens (tertiary/aromatic N) is 3. The quantitative estimate of drug-likeness (QED) is 0.871. The SMILES string of the molecule is CO[C@H]1CCN(Cc2nc3ccccc3n2C)C[C@@]12CCCO2. The van der Waals surface area contributed by atoms with Crippen LogP contribution in [0.4, 0.5) is 0 Å². The van der Waals surface area contributed by atoms with Gasteiger partial charge in [-0.1, -0.05) is 12.1 Å². The summed E-state index contributed by atoms with van der Waals surface area (Å²) in [6.07, 6.45) is 3.49. The lowest BCUT2D eigenvalue weighted by Gasteiger charge is -2.44. The largest absolute Gasteiger partial charge is 0.378 e. The molecule has 2 fully saturated rings. The average Bonchev–Trinajstić information content (AvgIpc) is 3.14. The van der Waals surface area contributed by atoms with Crippen molar-refractivity contribution in [3.05, 3.63) is 30.1 Å². The maximum Gasteiger partial charge on any atom is 0.123 e. The molecule has 0 amide bonds. The summed E-state index contributed by atoms with van der Waals surface area (Å²) in [7, 11) is 3.92. The normalized spacial score (nSPS) is 28.9. The van der Waals surface area contributed by atoms with Crippen LogP contribution in [0.5, 0.6) is 0 Å². The van der Waals surface area contributed by atoms with Crippen molar-refractivity contribution in [1.29, 1.82) is 0 Å². The standard InChI is InChI=1S/C18H25N3O2/c1-20-15-7-4-3-6-14(15)19-17(20)12-21-10-8-16(22-2)18(13-21)9-5-11-23-18/h3-4,6-7,16H,5,8-13H2,1-2H3/t16-,18-/m0/s1. The third-order valence-corrected chi connectivity index (χ3v) is 5.45. The Morgan fingerprint density at radius 2 is 2.26 bits per heavy atom. The number of ether oxygens (including phenoxy) is 2. The minimum atomic E-state index is -0.114. The molecule has 0 radical (unpaired) electrons. The molecule has 124 valence electrons. The summed E-state index contributed by atoms with van der Waals surface area (Å²) in [6, 6.07) is 8.33. The summed E-state index contributed by atoms with van der Waals surface area (Å²) >= 11 is 0. The van der Waals surface area contributed by atoms with Crippen molar-refractivity contribution in [2.24, 2.45) is 7.05 Å². The Bertz CT molecular complexity index is 691. The van der Waals surface area contributed by atoms with Crippen LogP contribution in [0.1, 0.15) is 25.1 Å². The third kappa shape index (κ3) is 2.57. The van der Waals surface area contributed by atoms with Crippen molar-refractivity contribution in [2.75, 3.05) is 26.8 Å². The van der Waals surface area contributed by atoms with Crippen LogP contribution >= 0.6 is 0 Å². The fourth-order valence-corrected chi connectivity index (χ4v) is 4.22. The molecule has 2 saturated heterocycles. The highest BCUT2D eigenvalue weighted by atomic mass is 16.5. The van der Waals surface area contributed by atoms with Crippen molar-refractivity contribution >= 4 is 11.0 Å². The molecular weight excluding hydrogens is 290 g/mol. The Morgan fingerprint density at radius 1 is 1.39 bits per heavy atom. The highest BCUT2D eigenvalue weighted by Gasteiger charge is 2.47. The van der Waals surface area contributed by atoms with Crippen molar-refractivity contribution in [3.63, 3.8) is 0 Å². The van der Waals surface area contributed by atoms with Crippen molar-refractivity contribution in [3.8, 4) is 0 Å². The van der Waals surface area contributed by atoms with E-state index in [2.05, 4.69) is 34.7 Å². The topological polar surface area (TPSA) is 39.5 Å². The summed E-state index contributed by atoms with van der Waals surface area (Å²) in [4.78, 5) is 7.28. The van der Waals surface area contributed by atoms with E-state index in [1.54, 1.807) is 0 Å². The molecule has 0 N–H and O–H groups in total. The lowest BCUT2D eigenvalue weighted by atomic mass is 9.87. The van der Waals surface area contributed by atoms with Crippen LogP contribution in [0.3, 0.4) is 0 Å². The van der Waals surface area contributed by atoms with Crippen LogP contribution in [-0.2, 0) is 23.1 Å². The molecule has 0 unspecified atom stereocenters. The monoisotopic (exact) mass is 315 g/mol. The van der Waals surface area contributed by atoms with E-state index in [0.29, 0.717) is 0 Å². The number of aromatic nitrogens is 2. The molecule has 1 aromatic heterocycles. The molecule has 1 spiro atoms. The molecule has 2 atom stereocenters. The van der Waals surface area contributed by atoms with Gasteiger partial charge in [0.15, 0.2) is 0 Å². The second-order valence-electron chi connectivity index (χ2n) is 6.82. The number of benzene rings is 1. The average molecular weight is 315 g/mol. The zero-order valence-electron chi connectivity index (χ0n) is 14.0. The van der Waals surface area contributed by atoms with Crippen molar-refractivity contribution in [1.82, 2.24) is 14.5 Å². The number of imidazole rings is 1. The Morgan fingerprint density at radius 3 is 3.00 bits per heavy atom. The molecule has 4 rings (SSSR count). The number of likely N-dealkylation sites (tertiary alicyclic amines) is 1. The molecule has 2 aliphatic heterocycles. The Hall–Kier alpha value is -1.43. The van der Waals surface area contributed by atoms with E-state index in [-0.39, 0.29) is 11.7 Å². The maximum atomic E-state index is 6.15. The van der Waals surface area contributed by atoms with Gasteiger partial charge >= 0.3 is 0 Å². The van der Waals surface area contributed by atoms with Crippen LogP contribution in [0.15, 0.2) is 24.3 Å². The molecule has 5 heteroatoms. The van der Waals surface area contributed by atoms with Crippen LogP contribution in [-0.4, -0.2) is 53.0 Å². The lowest BCUT2D eigenvalue weighted by Crippen LogP contribution is -2.57. The number of methoxy groups -OCH3 is 1. The van der Waals surface area contributed by atoms with Crippen molar-refractivity contribution in [2.45, 2.75) is 37.5 Å². The molecular formula is C18H25N3O2. The van der Waals surface area contributed by atoms with E-state index < -0.39 is 0 Å². The van der Waals surface area contributed by atoms with E-state index in [9.17, 15) is 0 Å². The minimum Gasteiger partial charge on any atom is -0.378 e. The second kappa shape index (κ2) is 5.89. The van der Waals surface area contributed by atoms with E-state index in [0.717, 1.165) is 56.8 Å². The molecule has 0 aliphatic carbocycles. The molecule has 23 heavy (non-hydrogen) atoms. The van der Waals surface area contributed by atoms with Crippen molar-refractivity contribution < 1.29 is 9.47 Å². The molecule has 0 bridgehead atoms. The van der Waals surface area contributed by atoms with Gasteiger partial charge in [0, 0.05) is 33.9 Å². The number of fused-ring (bicyclic) bond motifs is 1. The molecule has 1 aromatic carbocycles. The number of aryl methyl sites for hydroxylation is 1. The van der Waals surface area contributed by atoms with Crippen LogP contribution < -0.4 is 0 Å². The van der Waals surface area contributed by atoms with Gasteiger partial charge in [0.05, 0.1) is 23.7 Å². The van der Waals surface area contributed by atoms with Crippen LogP contribution in [0, 0.1) is 0 Å². The zero-order chi connectivity index (χ0) is 15.9. The Balaban J connectivity index is 1.55. The highest BCUT2D eigenvalue weighted by molar-refractivity contribution is 5.75. The number of para-hydroxylation sites is 2. The summed E-state index contributed by atoms with van der Waals surface area (Å²) in [5.74, 6) is 1.12. The number of hydrogen-bond acceptors (Lipinski definition) is 4. The van der Waals surface area contributed by atoms with Gasteiger partial charge < -0.3 is 14.0 Å². The van der Waals surface area contributed by atoms with Gasteiger partial charge in [-0.15, -0.1) is 0 Å². The number of rotatable bonds is 3. The van der Waals surface area contributed by atoms with E-state index in [1.165, 1.54) is 5.52 Å². The lowest BCUT2D eigenvalue weighted by molar-refractivity contribution is -0.145. The van der Waals surface area contributed by atoms with Gasteiger partial charge in [-0.05, 0) is 31.4 Å². The fraction of sp³-hybridized carbons (Fsp3) is 0.611. The summed E-state index contributed by atoms with van der Waals surface area (Å²) < 4.78 is 14.1. The van der Waals surface area contributed by atoms with Crippen LogP contribution in [0.2, 0.25) is 0 Å². The fourth-order valence-electron chi connectivity index (χ4n) is 4.22. The smallest absolute Gasteiger partial charge is 0.123 e. The summed E-state index contributed by atoms with van der Waals surface area (Å²) in [5.41, 5.74) is 2.15. The predicted molar refractivity (Wildman–Crippen MR) is 89.3 cm³/mol. The predicted octanol–water partition coefficient (Wildman–Crippen LogP) is 2.34. The first-order valence-electron chi connectivity index (χ1n) is 8.51. The van der Waals surface area contributed by atoms with E-state index in [1.807, 2.05) is 13.2 Å². The summed E-state index contributed by atoms with van der Waals surface area (Å²) in [6.45, 7) is 3.70. The number of piperidine rings is 1. The molecule has 2 aliphatic rings. The first kappa shape index (κ1) is 15.1. The van der Waals surface area contributed by atoms with Crippen LogP contribution in [0.25, 0.3) is 11.0 Å². The van der Waals surface area contributed by atoms with E-state index in [4.69, 9.17) is 14.5 Å². The van der Waals surface area contributed by atoms with Gasteiger partial charge in [-0.2, -0.15) is 0 Å². The molecule has 0 saturated carbocycles. The van der Waals surface area contributed by atoms with Gasteiger partial charge in [-0.25, -0.2) is 4.98 Å². The Kier molecular flexibility index (Phi) is 3.87. The molecule has 3 heterocycles. The van der Waals surface area contributed by atoms with Gasteiger partial charge in [-0.3, -0.25) is 4.90 Å². The van der Waals surface area contributed by atoms with Gasteiger partial charge in [0.25, 0.3) is 0 Å². The molecule has 5 nitrogen and oxygen atoms in total.